The van der Waals surface area contributed by atoms with Crippen LogP contribution < -0.4 is 10.6 Å². The molecule has 114 valence electrons. The molecule has 0 aliphatic carbocycles. The Balaban J connectivity index is 2.10. The van der Waals surface area contributed by atoms with E-state index in [0.717, 1.165) is 37.0 Å². The van der Waals surface area contributed by atoms with Crippen LogP contribution in [0, 0.1) is 0 Å². The first kappa shape index (κ1) is 15.8. The van der Waals surface area contributed by atoms with E-state index in [-0.39, 0.29) is 0 Å². The van der Waals surface area contributed by atoms with Gasteiger partial charge in [-0.1, -0.05) is 20.8 Å². The summed E-state index contributed by atoms with van der Waals surface area (Å²) in [7, 11) is 0. The molecule has 0 atom stereocenters. The summed E-state index contributed by atoms with van der Waals surface area (Å²) in [5, 5.41) is 6.68. The molecule has 0 saturated carbocycles. The zero-order valence-corrected chi connectivity index (χ0v) is 14.0. The largest absolute Gasteiger partial charge is 0.370 e. The Morgan fingerprint density at radius 3 is 2.29 bits per heavy atom. The molecule has 0 amide bonds. The fourth-order valence-corrected chi connectivity index (χ4v) is 2.87. The van der Waals surface area contributed by atoms with Gasteiger partial charge in [-0.15, -0.1) is 11.3 Å². The van der Waals surface area contributed by atoms with Gasteiger partial charge in [-0.05, 0) is 25.5 Å². The highest BCUT2D eigenvalue weighted by Crippen LogP contribution is 2.20. The molecule has 2 aromatic rings. The van der Waals surface area contributed by atoms with Crippen molar-refractivity contribution in [1.29, 1.82) is 0 Å². The fourth-order valence-electron chi connectivity index (χ4n) is 1.97. The summed E-state index contributed by atoms with van der Waals surface area (Å²) in [6.07, 6.45) is 1.10. The molecule has 2 aromatic heterocycles. The van der Waals surface area contributed by atoms with Gasteiger partial charge < -0.3 is 10.6 Å². The highest BCUT2D eigenvalue weighted by Gasteiger charge is 2.08. The molecule has 0 radical (unpaired) electrons. The van der Waals surface area contributed by atoms with Gasteiger partial charge in [0.05, 0.1) is 6.54 Å². The van der Waals surface area contributed by atoms with Crippen LogP contribution in [0.1, 0.15) is 49.2 Å². The van der Waals surface area contributed by atoms with E-state index in [2.05, 4.69) is 60.4 Å². The molecule has 0 aliphatic rings. The minimum absolute atomic E-state index is 0.317. The summed E-state index contributed by atoms with van der Waals surface area (Å²) >= 11 is 1.86. The second-order valence-electron chi connectivity index (χ2n) is 5.26. The van der Waals surface area contributed by atoms with Crippen molar-refractivity contribution in [2.24, 2.45) is 0 Å². The lowest BCUT2D eigenvalue weighted by Gasteiger charge is -2.11. The molecule has 21 heavy (non-hydrogen) atoms. The fraction of sp³-hybridized carbons (Fsp3) is 0.500. The highest BCUT2D eigenvalue weighted by molar-refractivity contribution is 7.12. The average Bonchev–Trinajstić information content (AvgIpc) is 2.93. The van der Waals surface area contributed by atoms with Crippen LogP contribution in [0.25, 0.3) is 0 Å². The Kier molecular flexibility index (Phi) is 5.56. The molecular weight excluding hydrogens is 280 g/mol. The second kappa shape index (κ2) is 7.41. The maximum absolute atomic E-state index is 4.60. The first-order valence-electron chi connectivity index (χ1n) is 7.56. The summed E-state index contributed by atoms with van der Waals surface area (Å²) in [4.78, 5) is 11.9. The molecule has 0 aromatic carbocycles. The molecule has 2 rings (SSSR count). The van der Waals surface area contributed by atoms with Crippen LogP contribution in [0.3, 0.4) is 0 Å². The molecule has 0 aliphatic heterocycles. The molecule has 4 nitrogen and oxygen atoms in total. The van der Waals surface area contributed by atoms with Gasteiger partial charge in [0.1, 0.15) is 17.5 Å². The van der Waals surface area contributed by atoms with Crippen molar-refractivity contribution in [1.82, 2.24) is 9.97 Å². The molecule has 0 unspecified atom stereocenters. The molecule has 0 spiro atoms. The van der Waals surface area contributed by atoms with E-state index in [1.54, 1.807) is 0 Å². The van der Waals surface area contributed by atoms with Crippen LogP contribution in [-0.2, 0) is 13.0 Å². The first-order chi connectivity index (χ1) is 10.1. The van der Waals surface area contributed by atoms with Gasteiger partial charge in [-0.25, -0.2) is 9.97 Å². The summed E-state index contributed by atoms with van der Waals surface area (Å²) in [6, 6.07) is 6.36. The van der Waals surface area contributed by atoms with Gasteiger partial charge in [0.2, 0.25) is 0 Å². The van der Waals surface area contributed by atoms with Crippen LogP contribution in [0.15, 0.2) is 18.2 Å². The van der Waals surface area contributed by atoms with Crippen molar-refractivity contribution >= 4 is 23.0 Å². The number of hydrogen-bond acceptors (Lipinski definition) is 5. The van der Waals surface area contributed by atoms with E-state index in [1.807, 2.05) is 17.4 Å². The molecule has 2 N–H and O–H groups in total. The maximum Gasteiger partial charge on any atom is 0.135 e. The number of hydrogen-bond donors (Lipinski definition) is 2. The molecular formula is C16H24N4S. The third kappa shape index (κ3) is 4.43. The average molecular weight is 304 g/mol. The van der Waals surface area contributed by atoms with E-state index < -0.39 is 0 Å². The molecule has 0 fully saturated rings. The van der Waals surface area contributed by atoms with Gasteiger partial charge in [-0.2, -0.15) is 0 Å². The number of anilines is 2. The van der Waals surface area contributed by atoms with Gasteiger partial charge in [0.25, 0.3) is 0 Å². The van der Waals surface area contributed by atoms with Crippen molar-refractivity contribution in [2.75, 3.05) is 17.2 Å². The summed E-state index contributed by atoms with van der Waals surface area (Å²) in [5.74, 6) is 2.96. The highest BCUT2D eigenvalue weighted by atomic mass is 32.1. The normalized spacial score (nSPS) is 10.9. The standard InChI is InChI=1S/C16H24N4S/c1-5-12-7-8-13(21-12)10-18-15-9-14(17-6-2)19-16(20-15)11(3)4/h7-9,11H,5-6,10H2,1-4H3,(H2,17,18,19,20). The second-order valence-corrected chi connectivity index (χ2v) is 6.51. The zero-order chi connectivity index (χ0) is 15.2. The maximum atomic E-state index is 4.60. The Labute approximate surface area is 131 Å². The third-order valence-electron chi connectivity index (χ3n) is 3.13. The lowest BCUT2D eigenvalue weighted by molar-refractivity contribution is 0.775. The van der Waals surface area contributed by atoms with Crippen molar-refractivity contribution < 1.29 is 0 Å². The lowest BCUT2D eigenvalue weighted by Crippen LogP contribution is -2.08. The van der Waals surface area contributed by atoms with Crippen LogP contribution in [-0.4, -0.2) is 16.5 Å². The van der Waals surface area contributed by atoms with Crippen molar-refractivity contribution in [3.05, 3.63) is 33.8 Å². The number of aryl methyl sites for hydroxylation is 1. The van der Waals surface area contributed by atoms with Crippen LogP contribution in [0.4, 0.5) is 11.6 Å². The summed E-state index contributed by atoms with van der Waals surface area (Å²) < 4.78 is 0. The Bertz CT molecular complexity index is 577. The Hall–Kier alpha value is -1.62. The molecule has 2 heterocycles. The third-order valence-corrected chi connectivity index (χ3v) is 4.36. The first-order valence-corrected chi connectivity index (χ1v) is 8.38. The zero-order valence-electron chi connectivity index (χ0n) is 13.2. The molecule has 0 bridgehead atoms. The van der Waals surface area contributed by atoms with E-state index >= 15 is 0 Å². The van der Waals surface area contributed by atoms with Gasteiger partial charge in [-0.3, -0.25) is 0 Å². The predicted octanol–water partition coefficient (Wildman–Crippen LogP) is 4.27. The van der Waals surface area contributed by atoms with Gasteiger partial charge >= 0.3 is 0 Å². The van der Waals surface area contributed by atoms with E-state index in [0.29, 0.717) is 5.92 Å². The number of aromatic nitrogens is 2. The van der Waals surface area contributed by atoms with Crippen LogP contribution in [0.5, 0.6) is 0 Å². The lowest BCUT2D eigenvalue weighted by atomic mass is 10.2. The number of thiophene rings is 1. The van der Waals surface area contributed by atoms with Crippen LogP contribution >= 0.6 is 11.3 Å². The minimum Gasteiger partial charge on any atom is -0.370 e. The topological polar surface area (TPSA) is 49.8 Å². The molecule has 5 heteroatoms. The quantitative estimate of drug-likeness (QED) is 0.802. The van der Waals surface area contributed by atoms with Crippen LogP contribution in [0.2, 0.25) is 0 Å². The predicted molar refractivity (Wildman–Crippen MR) is 91.3 cm³/mol. The van der Waals surface area contributed by atoms with Crippen molar-refractivity contribution in [3.63, 3.8) is 0 Å². The summed E-state index contributed by atoms with van der Waals surface area (Å²) in [6.45, 7) is 10.2. The molecule has 0 saturated heterocycles. The van der Waals surface area contributed by atoms with Crippen molar-refractivity contribution in [3.8, 4) is 0 Å². The monoisotopic (exact) mass is 304 g/mol. The Morgan fingerprint density at radius 1 is 1.05 bits per heavy atom. The SMILES string of the molecule is CCNc1cc(NCc2ccc(CC)s2)nc(C(C)C)n1. The van der Waals surface area contributed by atoms with E-state index in [4.69, 9.17) is 0 Å². The van der Waals surface area contributed by atoms with E-state index in [1.165, 1.54) is 9.75 Å². The number of nitrogens with one attached hydrogen (secondary N) is 2. The van der Waals surface area contributed by atoms with Gasteiger partial charge in [0, 0.05) is 28.3 Å². The smallest absolute Gasteiger partial charge is 0.135 e. The number of rotatable bonds is 7. The van der Waals surface area contributed by atoms with Gasteiger partial charge in [0.15, 0.2) is 0 Å². The van der Waals surface area contributed by atoms with E-state index in [9.17, 15) is 0 Å². The number of nitrogens with zero attached hydrogens (tertiary/aromatic N) is 2. The minimum atomic E-state index is 0.317. The summed E-state index contributed by atoms with van der Waals surface area (Å²) in [5.41, 5.74) is 0. The van der Waals surface area contributed by atoms with Crippen molar-refractivity contribution in [2.45, 2.75) is 46.6 Å². The Morgan fingerprint density at radius 2 is 1.71 bits per heavy atom.